The molecule has 0 bridgehead atoms. The van der Waals surface area contributed by atoms with E-state index in [9.17, 15) is 4.79 Å². The summed E-state index contributed by atoms with van der Waals surface area (Å²) >= 11 is 0. The summed E-state index contributed by atoms with van der Waals surface area (Å²) in [4.78, 5) is 18.9. The van der Waals surface area contributed by atoms with Gasteiger partial charge in [0.1, 0.15) is 5.75 Å². The Balaban J connectivity index is 1.27. The summed E-state index contributed by atoms with van der Waals surface area (Å²) in [5.41, 5.74) is 2.96. The van der Waals surface area contributed by atoms with Crippen LogP contribution < -0.4 is 4.74 Å². The van der Waals surface area contributed by atoms with Gasteiger partial charge in [-0.2, -0.15) is 0 Å². The fraction of sp³-hybridized carbons (Fsp3) is 0.639. The maximum Gasteiger partial charge on any atom is 0.222 e. The van der Waals surface area contributed by atoms with Crippen LogP contribution in [0.5, 0.6) is 5.75 Å². The first kappa shape index (κ1) is 29.2. The van der Waals surface area contributed by atoms with Crippen molar-refractivity contribution in [1.82, 2.24) is 9.80 Å². The van der Waals surface area contributed by atoms with Crippen LogP contribution in [-0.4, -0.2) is 55.0 Å². The van der Waals surface area contributed by atoms with Crippen LogP contribution in [0.3, 0.4) is 0 Å². The molecule has 2 aliphatic carbocycles. The third-order valence-electron chi connectivity index (χ3n) is 9.96. The maximum atomic E-state index is 13.8. The van der Waals surface area contributed by atoms with Crippen LogP contribution in [0.25, 0.3) is 0 Å². The number of aryl methyl sites for hydroxylation is 1. The Labute approximate surface area is 243 Å². The van der Waals surface area contributed by atoms with Gasteiger partial charge < -0.3 is 14.5 Å². The van der Waals surface area contributed by atoms with Crippen molar-refractivity contribution in [2.45, 2.75) is 95.9 Å². The highest BCUT2D eigenvalue weighted by atomic mass is 16.5. The number of hydrogen-bond acceptors (Lipinski definition) is 3. The third kappa shape index (κ3) is 7.29. The van der Waals surface area contributed by atoms with E-state index in [1.807, 2.05) is 0 Å². The lowest BCUT2D eigenvalue weighted by Crippen LogP contribution is -2.57. The van der Waals surface area contributed by atoms with Gasteiger partial charge >= 0.3 is 0 Å². The smallest absolute Gasteiger partial charge is 0.222 e. The van der Waals surface area contributed by atoms with Gasteiger partial charge in [0.25, 0.3) is 0 Å². The molecule has 1 aliphatic heterocycles. The highest BCUT2D eigenvalue weighted by molar-refractivity contribution is 5.76. The topological polar surface area (TPSA) is 32.8 Å². The van der Waals surface area contributed by atoms with E-state index in [1.54, 1.807) is 7.11 Å². The minimum absolute atomic E-state index is 0.128. The molecule has 4 heteroatoms. The first-order valence-corrected chi connectivity index (χ1v) is 16.2. The summed E-state index contributed by atoms with van der Waals surface area (Å²) in [7, 11) is 1.78. The molecule has 0 N–H and O–H groups in total. The molecule has 3 aliphatic rings. The van der Waals surface area contributed by atoms with Crippen LogP contribution in [0.15, 0.2) is 54.6 Å². The molecule has 1 heterocycles. The van der Waals surface area contributed by atoms with Crippen LogP contribution in [-0.2, 0) is 16.6 Å². The summed E-state index contributed by atoms with van der Waals surface area (Å²) in [5.74, 6) is 3.40. The van der Waals surface area contributed by atoms with E-state index >= 15 is 0 Å². The molecule has 2 saturated carbocycles. The molecule has 3 fully saturated rings. The minimum Gasteiger partial charge on any atom is -0.497 e. The van der Waals surface area contributed by atoms with Crippen molar-refractivity contribution in [2.24, 2.45) is 17.8 Å². The molecule has 218 valence electrons. The Morgan fingerprint density at radius 1 is 1.02 bits per heavy atom. The van der Waals surface area contributed by atoms with Crippen LogP contribution in [0, 0.1) is 17.8 Å². The van der Waals surface area contributed by atoms with E-state index < -0.39 is 0 Å². The number of hydrogen-bond donors (Lipinski definition) is 0. The highest BCUT2D eigenvalue weighted by Gasteiger charge is 2.50. The normalized spacial score (nSPS) is 25.0. The number of carbonyl (C=O) groups is 1. The summed E-state index contributed by atoms with van der Waals surface area (Å²) in [6.45, 7) is 9.08. The van der Waals surface area contributed by atoms with Crippen LogP contribution >= 0.6 is 0 Å². The Hall–Kier alpha value is -2.33. The molecule has 4 nitrogen and oxygen atoms in total. The molecule has 0 aromatic heterocycles. The van der Waals surface area contributed by atoms with Gasteiger partial charge in [-0.3, -0.25) is 4.79 Å². The zero-order chi connectivity index (χ0) is 28.0. The zero-order valence-electron chi connectivity index (χ0n) is 25.3. The Morgan fingerprint density at radius 3 is 2.60 bits per heavy atom. The number of rotatable bonds is 13. The van der Waals surface area contributed by atoms with Gasteiger partial charge in [0, 0.05) is 37.5 Å². The lowest BCUT2D eigenvalue weighted by molar-refractivity contribution is -0.136. The van der Waals surface area contributed by atoms with Crippen molar-refractivity contribution in [1.29, 1.82) is 0 Å². The monoisotopic (exact) mass is 544 g/mol. The van der Waals surface area contributed by atoms with E-state index in [0.29, 0.717) is 30.2 Å². The maximum absolute atomic E-state index is 13.8. The van der Waals surface area contributed by atoms with Crippen LogP contribution in [0.1, 0.15) is 89.2 Å². The number of nitrogens with zero attached hydrogens (tertiary/aromatic N) is 2. The van der Waals surface area contributed by atoms with E-state index in [1.165, 1.54) is 56.4 Å². The predicted molar refractivity (Wildman–Crippen MR) is 165 cm³/mol. The van der Waals surface area contributed by atoms with E-state index in [4.69, 9.17) is 4.74 Å². The number of methoxy groups -OCH3 is 1. The van der Waals surface area contributed by atoms with Crippen molar-refractivity contribution in [2.75, 3.05) is 33.3 Å². The number of amides is 1. The molecule has 1 saturated heterocycles. The van der Waals surface area contributed by atoms with E-state index in [2.05, 4.69) is 78.2 Å². The molecule has 1 amide bonds. The molecule has 3 unspecified atom stereocenters. The lowest BCUT2D eigenvalue weighted by Gasteiger charge is -2.55. The molecular weight excluding hydrogens is 492 g/mol. The summed E-state index contributed by atoms with van der Waals surface area (Å²) in [5, 5.41) is 0. The van der Waals surface area contributed by atoms with Crippen LogP contribution in [0.4, 0.5) is 0 Å². The highest BCUT2D eigenvalue weighted by Crippen LogP contribution is 2.51. The second-order valence-corrected chi connectivity index (χ2v) is 13.5. The van der Waals surface area contributed by atoms with Crippen molar-refractivity contribution in [3.05, 3.63) is 65.7 Å². The average Bonchev–Trinajstić information content (AvgIpc) is 3.80. The molecule has 2 aromatic carbocycles. The fourth-order valence-corrected chi connectivity index (χ4v) is 7.64. The number of ether oxygens (including phenoxy) is 1. The van der Waals surface area contributed by atoms with Gasteiger partial charge in [-0.1, -0.05) is 62.7 Å². The zero-order valence-corrected chi connectivity index (χ0v) is 25.3. The van der Waals surface area contributed by atoms with Crippen molar-refractivity contribution < 1.29 is 9.53 Å². The second kappa shape index (κ2) is 13.6. The van der Waals surface area contributed by atoms with Crippen LogP contribution in [0.2, 0.25) is 0 Å². The van der Waals surface area contributed by atoms with E-state index in [0.717, 1.165) is 56.7 Å². The van der Waals surface area contributed by atoms with Gasteiger partial charge in [0.2, 0.25) is 5.91 Å². The van der Waals surface area contributed by atoms with Gasteiger partial charge in [-0.25, -0.2) is 0 Å². The summed E-state index contributed by atoms with van der Waals surface area (Å²) < 4.78 is 5.69. The molecule has 5 rings (SSSR count). The Morgan fingerprint density at radius 2 is 1.85 bits per heavy atom. The summed E-state index contributed by atoms with van der Waals surface area (Å²) in [6, 6.07) is 20.0. The lowest BCUT2D eigenvalue weighted by atomic mass is 9.57. The molecule has 40 heavy (non-hydrogen) atoms. The van der Waals surface area contributed by atoms with Crippen molar-refractivity contribution >= 4 is 5.91 Å². The van der Waals surface area contributed by atoms with E-state index in [-0.39, 0.29) is 5.41 Å². The largest absolute Gasteiger partial charge is 0.497 e. The van der Waals surface area contributed by atoms with Gasteiger partial charge in [0.05, 0.1) is 7.11 Å². The average molecular weight is 545 g/mol. The second-order valence-electron chi connectivity index (χ2n) is 13.5. The molecule has 3 atom stereocenters. The molecule has 0 radical (unpaired) electrons. The number of fused-ring (bicyclic) bond motifs is 1. The number of likely N-dealkylation sites (tertiary alicyclic amines) is 1. The first-order chi connectivity index (χ1) is 19.5. The quantitative estimate of drug-likeness (QED) is 0.245. The summed E-state index contributed by atoms with van der Waals surface area (Å²) in [6.07, 6.45) is 12.5. The number of carbonyl (C=O) groups excluding carboxylic acids is 1. The molecule has 0 spiro atoms. The predicted octanol–water partition coefficient (Wildman–Crippen LogP) is 7.51. The number of benzene rings is 2. The van der Waals surface area contributed by atoms with Crippen molar-refractivity contribution in [3.8, 4) is 5.75 Å². The minimum atomic E-state index is 0.128. The number of unbranched alkanes of at least 4 members (excludes halogenated alkanes) is 2. The Bertz CT molecular complexity index is 1080. The molecular formula is C36H52N2O2. The molecule has 2 aromatic rings. The standard InChI is InChI=1S/C36H52N2O2/c1-28(2)25-38(35(39)16-9-5-8-13-29-11-6-4-7-12-29)33-20-19-32-27-37(26-30-17-18-30)22-21-36(32,24-33)31-14-10-15-34(23-31)40-3/h4,6-7,10-12,14-15,23,28,30,32-33H,5,8-9,13,16-22,24-27H2,1-3H3. The van der Waals surface area contributed by atoms with Gasteiger partial charge in [0.15, 0.2) is 0 Å². The fourth-order valence-electron chi connectivity index (χ4n) is 7.64. The Kier molecular flexibility index (Phi) is 9.89. The van der Waals surface area contributed by atoms with Crippen molar-refractivity contribution in [3.63, 3.8) is 0 Å². The third-order valence-corrected chi connectivity index (χ3v) is 9.96. The van der Waals surface area contributed by atoms with Gasteiger partial charge in [-0.15, -0.1) is 0 Å². The SMILES string of the molecule is COc1cccc(C23CCN(CC4CC4)CC2CCC(N(CC(C)C)C(=O)CCCCCc2ccccc2)C3)c1. The van der Waals surface area contributed by atoms with Gasteiger partial charge in [-0.05, 0) is 105 Å². The first-order valence-electron chi connectivity index (χ1n) is 16.2. The number of piperidine rings is 1.